The first kappa shape index (κ1) is 23.3. The Labute approximate surface area is 204 Å². The Hall–Kier alpha value is -2.45. The minimum absolute atomic E-state index is 0.0317. The van der Waals surface area contributed by atoms with E-state index in [1.165, 1.54) is 18.1 Å². The van der Waals surface area contributed by atoms with Crippen LogP contribution in [0.15, 0.2) is 30.6 Å². The molecule has 0 radical (unpaired) electrons. The SMILES string of the molecule is CC(C)c1c[nH]c2ncc(-c3cc4c(c([C@@H]5COCCN5)c3)CN(C(=O)[C@](C)(O)Cl)CC4)cc12. The van der Waals surface area contributed by atoms with Gasteiger partial charge in [0.1, 0.15) is 5.65 Å². The number of pyridine rings is 1. The number of carbonyl (C=O) groups is 1. The number of rotatable bonds is 4. The van der Waals surface area contributed by atoms with Crippen molar-refractivity contribution in [3.8, 4) is 11.1 Å². The number of ether oxygens (including phenoxy) is 1. The van der Waals surface area contributed by atoms with Crippen LogP contribution in [-0.2, 0) is 22.5 Å². The first-order chi connectivity index (χ1) is 16.2. The molecule has 1 saturated heterocycles. The van der Waals surface area contributed by atoms with E-state index < -0.39 is 11.0 Å². The van der Waals surface area contributed by atoms with E-state index in [9.17, 15) is 9.90 Å². The molecule has 0 unspecified atom stereocenters. The Balaban J connectivity index is 1.59. The summed E-state index contributed by atoms with van der Waals surface area (Å²) in [7, 11) is 0. The van der Waals surface area contributed by atoms with E-state index in [1.54, 1.807) is 4.90 Å². The highest BCUT2D eigenvalue weighted by Gasteiger charge is 2.35. The Morgan fingerprint density at radius 3 is 2.85 bits per heavy atom. The van der Waals surface area contributed by atoms with Crippen LogP contribution in [-0.4, -0.2) is 57.2 Å². The van der Waals surface area contributed by atoms with Gasteiger partial charge in [0.05, 0.1) is 19.3 Å². The highest BCUT2D eigenvalue weighted by atomic mass is 35.5. The number of nitrogens with zero attached hydrogens (tertiary/aromatic N) is 2. The van der Waals surface area contributed by atoms with Gasteiger partial charge < -0.3 is 25.0 Å². The molecule has 2 aliphatic rings. The molecule has 180 valence electrons. The minimum Gasteiger partial charge on any atom is -0.378 e. The number of halogens is 1. The maximum Gasteiger partial charge on any atom is 0.270 e. The predicted molar refractivity (Wildman–Crippen MR) is 133 cm³/mol. The zero-order chi connectivity index (χ0) is 24.0. The van der Waals surface area contributed by atoms with E-state index in [1.807, 2.05) is 12.4 Å². The number of hydrogen-bond donors (Lipinski definition) is 3. The van der Waals surface area contributed by atoms with Gasteiger partial charge >= 0.3 is 0 Å². The van der Waals surface area contributed by atoms with Crippen molar-refractivity contribution >= 4 is 28.5 Å². The molecule has 1 amide bonds. The molecule has 2 atom stereocenters. The second-order valence-corrected chi connectivity index (χ2v) is 10.5. The average molecular weight is 483 g/mol. The van der Waals surface area contributed by atoms with Crippen molar-refractivity contribution in [3.05, 3.63) is 52.8 Å². The summed E-state index contributed by atoms with van der Waals surface area (Å²) in [5, 5.41) is 12.9. The number of aliphatic hydroxyl groups is 1. The van der Waals surface area contributed by atoms with Crippen molar-refractivity contribution in [2.75, 3.05) is 26.3 Å². The highest BCUT2D eigenvalue weighted by Crippen LogP contribution is 2.35. The molecule has 3 N–H and O–H groups in total. The van der Waals surface area contributed by atoms with E-state index in [0.29, 0.717) is 38.6 Å². The number of alkyl halides is 1. The van der Waals surface area contributed by atoms with Gasteiger partial charge in [0, 0.05) is 43.0 Å². The molecular formula is C26H31ClN4O3. The molecule has 8 heteroatoms. The summed E-state index contributed by atoms with van der Waals surface area (Å²) in [5.74, 6) is -0.0674. The minimum atomic E-state index is -1.91. The van der Waals surface area contributed by atoms with Gasteiger partial charge in [-0.15, -0.1) is 0 Å². The molecule has 3 aromatic rings. The van der Waals surface area contributed by atoms with E-state index in [2.05, 4.69) is 47.3 Å². The Kier molecular flexibility index (Phi) is 6.14. The summed E-state index contributed by atoms with van der Waals surface area (Å²) in [4.78, 5) is 22.3. The van der Waals surface area contributed by atoms with Gasteiger partial charge in [0.15, 0.2) is 0 Å². The molecule has 2 aromatic heterocycles. The third-order valence-corrected chi connectivity index (χ3v) is 7.03. The zero-order valence-corrected chi connectivity index (χ0v) is 20.6. The van der Waals surface area contributed by atoms with Crippen LogP contribution in [0.4, 0.5) is 0 Å². The summed E-state index contributed by atoms with van der Waals surface area (Å²) < 4.78 is 5.77. The third-order valence-electron chi connectivity index (χ3n) is 6.87. The smallest absolute Gasteiger partial charge is 0.270 e. The summed E-state index contributed by atoms with van der Waals surface area (Å²) >= 11 is 5.93. The first-order valence-electron chi connectivity index (χ1n) is 11.9. The fraction of sp³-hybridized carbons (Fsp3) is 0.462. The second kappa shape index (κ2) is 8.96. The molecule has 34 heavy (non-hydrogen) atoms. The molecular weight excluding hydrogens is 452 g/mol. The van der Waals surface area contributed by atoms with Crippen LogP contribution < -0.4 is 5.32 Å². The summed E-state index contributed by atoms with van der Waals surface area (Å²) in [6.07, 6.45) is 4.66. The lowest BCUT2D eigenvalue weighted by molar-refractivity contribution is -0.143. The van der Waals surface area contributed by atoms with Crippen molar-refractivity contribution in [3.63, 3.8) is 0 Å². The lowest BCUT2D eigenvalue weighted by atomic mass is 9.87. The monoisotopic (exact) mass is 482 g/mol. The number of aromatic amines is 1. The van der Waals surface area contributed by atoms with Crippen molar-refractivity contribution in [1.82, 2.24) is 20.2 Å². The number of H-pyrrole nitrogens is 1. The Morgan fingerprint density at radius 1 is 1.32 bits per heavy atom. The zero-order valence-electron chi connectivity index (χ0n) is 19.8. The summed E-state index contributed by atoms with van der Waals surface area (Å²) in [5.41, 5.74) is 7.76. The van der Waals surface area contributed by atoms with Gasteiger partial charge in [-0.3, -0.25) is 4.79 Å². The van der Waals surface area contributed by atoms with Gasteiger partial charge in [-0.1, -0.05) is 31.5 Å². The molecule has 2 aliphatic heterocycles. The van der Waals surface area contributed by atoms with E-state index >= 15 is 0 Å². The second-order valence-electron chi connectivity index (χ2n) is 9.73. The van der Waals surface area contributed by atoms with Gasteiger partial charge in [0.2, 0.25) is 5.06 Å². The van der Waals surface area contributed by atoms with E-state index in [4.69, 9.17) is 16.3 Å². The molecule has 7 nitrogen and oxygen atoms in total. The third kappa shape index (κ3) is 4.33. The van der Waals surface area contributed by atoms with E-state index in [-0.39, 0.29) is 6.04 Å². The molecule has 5 rings (SSSR count). The fourth-order valence-electron chi connectivity index (χ4n) is 5.06. The first-order valence-corrected chi connectivity index (χ1v) is 12.2. The molecule has 4 heterocycles. The number of aromatic nitrogens is 2. The van der Waals surface area contributed by atoms with Crippen LogP contribution in [0.25, 0.3) is 22.2 Å². The number of hydrogen-bond acceptors (Lipinski definition) is 5. The number of amides is 1. The number of benzene rings is 1. The molecule has 0 aliphatic carbocycles. The van der Waals surface area contributed by atoms with Crippen LogP contribution in [0.2, 0.25) is 0 Å². The molecule has 0 saturated carbocycles. The number of morpholine rings is 1. The van der Waals surface area contributed by atoms with Gasteiger partial charge in [-0.25, -0.2) is 4.98 Å². The van der Waals surface area contributed by atoms with Crippen molar-refractivity contribution in [2.24, 2.45) is 0 Å². The van der Waals surface area contributed by atoms with Crippen LogP contribution in [0.1, 0.15) is 55.0 Å². The van der Waals surface area contributed by atoms with Crippen molar-refractivity contribution in [2.45, 2.75) is 50.8 Å². The van der Waals surface area contributed by atoms with Crippen LogP contribution in [0.3, 0.4) is 0 Å². The fourth-order valence-corrected chi connectivity index (χ4v) is 5.18. The van der Waals surface area contributed by atoms with Gasteiger partial charge in [-0.05, 0) is 59.2 Å². The van der Waals surface area contributed by atoms with Gasteiger partial charge in [0.25, 0.3) is 5.91 Å². The van der Waals surface area contributed by atoms with Crippen LogP contribution in [0, 0.1) is 0 Å². The van der Waals surface area contributed by atoms with Crippen molar-refractivity contribution in [1.29, 1.82) is 0 Å². The lowest BCUT2D eigenvalue weighted by Gasteiger charge is -2.35. The molecule has 1 fully saturated rings. The normalized spacial score (nSPS) is 20.4. The quantitative estimate of drug-likeness (QED) is 0.491. The average Bonchev–Trinajstić information content (AvgIpc) is 3.26. The Morgan fingerprint density at radius 2 is 2.15 bits per heavy atom. The standard InChI is InChI=1S/C26H31ClN4O3/c1-15(2)21-12-30-24-20(21)10-18(11-29-24)17-8-16-4-6-31(25(32)26(3,27)33)13-22(16)19(9-17)23-14-34-7-5-28-23/h8-12,15,23,28,33H,4-7,13-14H2,1-3H3,(H,29,30)/t23-,26-/m0/s1. The predicted octanol–water partition coefficient (Wildman–Crippen LogP) is 3.85. The van der Waals surface area contributed by atoms with Gasteiger partial charge in [-0.2, -0.15) is 0 Å². The van der Waals surface area contributed by atoms with Crippen LogP contribution >= 0.6 is 11.6 Å². The largest absolute Gasteiger partial charge is 0.378 e. The van der Waals surface area contributed by atoms with Crippen molar-refractivity contribution < 1.29 is 14.6 Å². The molecule has 0 spiro atoms. The van der Waals surface area contributed by atoms with E-state index in [0.717, 1.165) is 39.8 Å². The van der Waals surface area contributed by atoms with Crippen LogP contribution in [0.5, 0.6) is 0 Å². The summed E-state index contributed by atoms with van der Waals surface area (Å²) in [6.45, 7) is 8.66. The maximum absolute atomic E-state index is 12.7. The number of carbonyl (C=O) groups excluding carboxylic acids is 1. The highest BCUT2D eigenvalue weighted by molar-refractivity contribution is 6.33. The number of fused-ring (bicyclic) bond motifs is 2. The lowest BCUT2D eigenvalue weighted by Crippen LogP contribution is -2.46. The topological polar surface area (TPSA) is 90.5 Å². The molecule has 0 bridgehead atoms. The Bertz CT molecular complexity index is 1220. The number of nitrogens with one attached hydrogen (secondary N) is 2. The summed E-state index contributed by atoms with van der Waals surface area (Å²) in [6, 6.07) is 6.66. The molecule has 1 aromatic carbocycles. The maximum atomic E-state index is 12.7.